The quantitative estimate of drug-likeness (QED) is 0.203. The van der Waals surface area contributed by atoms with E-state index in [-0.39, 0.29) is 16.9 Å². The van der Waals surface area contributed by atoms with Crippen LogP contribution in [0.15, 0.2) is 60.7 Å². The van der Waals surface area contributed by atoms with Crippen molar-refractivity contribution in [1.29, 1.82) is 0 Å². The van der Waals surface area contributed by atoms with E-state index in [1.165, 1.54) is 53.5 Å². The van der Waals surface area contributed by atoms with Crippen LogP contribution in [0.2, 0.25) is 0 Å². The standard InChI is InChI=1S/C23H20N4O9/c1-35-21(29)19-20(28)23(22(30)36-2)17(13-5-3-7-15(11-13)26(31)32)9-10-18(25(23)24-19)14-6-4-8-16(12-14)27(33)34/h3-12,17-19,24H,1-2H3. The number of nitro benzene ring substituents is 2. The molecule has 4 rings (SSSR count). The molecule has 0 bridgehead atoms. The number of hydrogen-bond acceptors (Lipinski definition) is 11. The molecule has 2 heterocycles. The second-order valence-electron chi connectivity index (χ2n) is 8.09. The molecule has 13 heteroatoms. The summed E-state index contributed by atoms with van der Waals surface area (Å²) in [5.74, 6) is -4.00. The van der Waals surface area contributed by atoms with E-state index in [0.29, 0.717) is 5.56 Å². The lowest BCUT2D eigenvalue weighted by molar-refractivity contribution is -0.385. The summed E-state index contributed by atoms with van der Waals surface area (Å²) in [5, 5.41) is 24.0. The Balaban J connectivity index is 1.97. The molecule has 0 saturated carbocycles. The lowest BCUT2D eigenvalue weighted by Crippen LogP contribution is -2.63. The molecule has 36 heavy (non-hydrogen) atoms. The average molecular weight is 496 g/mol. The summed E-state index contributed by atoms with van der Waals surface area (Å²) in [7, 11) is 2.15. The van der Waals surface area contributed by atoms with Gasteiger partial charge in [0, 0.05) is 30.2 Å². The minimum absolute atomic E-state index is 0.222. The lowest BCUT2D eigenvalue weighted by Gasteiger charge is -2.44. The maximum absolute atomic E-state index is 13.8. The highest BCUT2D eigenvalue weighted by Gasteiger charge is 2.68. The zero-order chi connectivity index (χ0) is 26.2. The third-order valence-corrected chi connectivity index (χ3v) is 6.30. The zero-order valence-electron chi connectivity index (χ0n) is 19.0. The van der Waals surface area contributed by atoms with E-state index < -0.39 is 51.1 Å². The Hall–Kier alpha value is -4.49. The first kappa shape index (κ1) is 24.6. The number of ketones is 1. The molecule has 2 aliphatic rings. The molecule has 0 spiro atoms. The Morgan fingerprint density at radius 1 is 0.944 bits per heavy atom. The predicted molar refractivity (Wildman–Crippen MR) is 121 cm³/mol. The van der Waals surface area contributed by atoms with Crippen LogP contribution in [0.1, 0.15) is 23.1 Å². The molecule has 1 fully saturated rings. The number of non-ortho nitro benzene ring substituents is 2. The maximum atomic E-state index is 13.8. The molecule has 4 unspecified atom stereocenters. The van der Waals surface area contributed by atoms with E-state index in [2.05, 4.69) is 5.43 Å². The van der Waals surface area contributed by atoms with E-state index >= 15 is 0 Å². The van der Waals surface area contributed by atoms with Crippen LogP contribution in [0.3, 0.4) is 0 Å². The van der Waals surface area contributed by atoms with Crippen LogP contribution in [-0.4, -0.2) is 58.4 Å². The number of carbonyl (C=O) groups is 3. The third-order valence-electron chi connectivity index (χ3n) is 6.30. The van der Waals surface area contributed by atoms with Crippen LogP contribution in [0.4, 0.5) is 11.4 Å². The van der Waals surface area contributed by atoms with Crippen LogP contribution in [0, 0.1) is 20.2 Å². The lowest BCUT2D eigenvalue weighted by atomic mass is 9.71. The second kappa shape index (κ2) is 9.28. The number of nitrogens with zero attached hydrogens (tertiary/aromatic N) is 3. The number of esters is 2. The van der Waals surface area contributed by atoms with Crippen LogP contribution < -0.4 is 5.43 Å². The monoisotopic (exact) mass is 496 g/mol. The Bertz CT molecular complexity index is 1310. The van der Waals surface area contributed by atoms with Crippen molar-refractivity contribution in [2.24, 2.45) is 0 Å². The highest BCUT2D eigenvalue weighted by atomic mass is 16.6. The van der Waals surface area contributed by atoms with Crippen LogP contribution >= 0.6 is 0 Å². The van der Waals surface area contributed by atoms with Gasteiger partial charge in [0.15, 0.2) is 11.8 Å². The molecule has 0 aromatic heterocycles. The van der Waals surface area contributed by atoms with E-state index in [0.717, 1.165) is 14.2 Å². The number of hydrogen-bond donors (Lipinski definition) is 1. The van der Waals surface area contributed by atoms with Crippen LogP contribution in [-0.2, 0) is 23.9 Å². The smallest absolute Gasteiger partial charge is 0.336 e. The van der Waals surface area contributed by atoms with E-state index in [4.69, 9.17) is 9.47 Å². The van der Waals surface area contributed by atoms with E-state index in [9.17, 15) is 34.6 Å². The summed E-state index contributed by atoms with van der Waals surface area (Å²) >= 11 is 0. The Morgan fingerprint density at radius 3 is 2.08 bits per heavy atom. The molecule has 186 valence electrons. The van der Waals surface area contributed by atoms with Gasteiger partial charge < -0.3 is 9.47 Å². The van der Waals surface area contributed by atoms with Crippen molar-refractivity contribution in [3.8, 4) is 0 Å². The Labute approximate surface area is 203 Å². The third kappa shape index (κ3) is 3.70. The van der Waals surface area contributed by atoms with Crippen molar-refractivity contribution in [1.82, 2.24) is 10.4 Å². The number of benzene rings is 2. The fraction of sp³-hybridized carbons (Fsp3) is 0.261. The van der Waals surface area contributed by atoms with Crippen molar-refractivity contribution >= 4 is 29.1 Å². The number of fused-ring (bicyclic) bond motifs is 1. The first-order chi connectivity index (χ1) is 17.2. The molecule has 0 amide bonds. The first-order valence-corrected chi connectivity index (χ1v) is 10.6. The van der Waals surface area contributed by atoms with Gasteiger partial charge in [-0.25, -0.2) is 20.0 Å². The Kier molecular flexibility index (Phi) is 6.35. The summed E-state index contributed by atoms with van der Waals surface area (Å²) in [6.07, 6.45) is 3.10. The van der Waals surface area contributed by atoms with Crippen molar-refractivity contribution in [2.75, 3.05) is 14.2 Å². The minimum Gasteiger partial charge on any atom is -0.467 e. The summed E-state index contributed by atoms with van der Waals surface area (Å²) < 4.78 is 9.78. The highest BCUT2D eigenvalue weighted by molar-refractivity contribution is 6.20. The van der Waals surface area contributed by atoms with Gasteiger partial charge >= 0.3 is 11.9 Å². The molecule has 2 aliphatic heterocycles. The summed E-state index contributed by atoms with van der Waals surface area (Å²) in [5.41, 5.74) is 0.649. The maximum Gasteiger partial charge on any atom is 0.336 e. The van der Waals surface area contributed by atoms with Crippen LogP contribution in [0.5, 0.6) is 0 Å². The molecule has 1 saturated heterocycles. The molecule has 2 aromatic rings. The number of rotatable bonds is 6. The van der Waals surface area contributed by atoms with Gasteiger partial charge in [0.2, 0.25) is 5.54 Å². The van der Waals surface area contributed by atoms with Crippen molar-refractivity contribution in [2.45, 2.75) is 23.5 Å². The van der Waals surface area contributed by atoms with Gasteiger partial charge in [-0.2, -0.15) is 0 Å². The number of Topliss-reactive ketones (excluding diaryl/α,β-unsaturated/α-hetero) is 1. The molecule has 2 aromatic carbocycles. The normalized spacial score (nSPS) is 25.2. The molecule has 0 radical (unpaired) electrons. The minimum atomic E-state index is -2.19. The Morgan fingerprint density at radius 2 is 1.53 bits per heavy atom. The zero-order valence-corrected chi connectivity index (χ0v) is 19.0. The number of methoxy groups -OCH3 is 2. The first-order valence-electron chi connectivity index (χ1n) is 10.6. The van der Waals surface area contributed by atoms with E-state index in [1.807, 2.05) is 0 Å². The van der Waals surface area contributed by atoms with Gasteiger partial charge in [-0.15, -0.1) is 0 Å². The fourth-order valence-corrected chi connectivity index (χ4v) is 4.71. The summed E-state index contributed by atoms with van der Waals surface area (Å²) in [6, 6.07) is 8.46. The second-order valence-corrected chi connectivity index (χ2v) is 8.09. The van der Waals surface area contributed by atoms with Crippen molar-refractivity contribution < 1.29 is 33.7 Å². The van der Waals surface area contributed by atoms with E-state index in [1.54, 1.807) is 12.1 Å². The number of nitro groups is 2. The molecule has 13 nitrogen and oxygen atoms in total. The molecular formula is C23H20N4O9. The molecule has 1 N–H and O–H groups in total. The largest absolute Gasteiger partial charge is 0.467 e. The number of nitrogens with one attached hydrogen (secondary N) is 1. The van der Waals surface area contributed by atoms with Crippen LogP contribution in [0.25, 0.3) is 0 Å². The summed E-state index contributed by atoms with van der Waals surface area (Å²) in [6.45, 7) is 0. The molecule has 4 atom stereocenters. The van der Waals surface area contributed by atoms with Gasteiger partial charge in [-0.05, 0) is 11.1 Å². The fourth-order valence-electron chi connectivity index (χ4n) is 4.71. The van der Waals surface area contributed by atoms with Crippen molar-refractivity contribution in [3.63, 3.8) is 0 Å². The topological polar surface area (TPSA) is 171 Å². The SMILES string of the molecule is COC(=O)C1NN2C(c3cccc([N+](=O)[O-])c3)C=CC(c3cccc([N+](=O)[O-])c3)C2(C(=O)OC)C1=O. The van der Waals surface area contributed by atoms with Crippen molar-refractivity contribution in [3.05, 3.63) is 92.0 Å². The number of carbonyl (C=O) groups excluding carboxylic acids is 3. The van der Waals surface area contributed by atoms with Gasteiger partial charge in [-0.1, -0.05) is 36.4 Å². The van der Waals surface area contributed by atoms with Gasteiger partial charge in [0.1, 0.15) is 0 Å². The highest BCUT2D eigenvalue weighted by Crippen LogP contribution is 2.48. The molecule has 0 aliphatic carbocycles. The van der Waals surface area contributed by atoms with Gasteiger partial charge in [-0.3, -0.25) is 25.0 Å². The predicted octanol–water partition coefficient (Wildman–Crippen LogP) is 1.74. The molecular weight excluding hydrogens is 476 g/mol. The van der Waals surface area contributed by atoms with Gasteiger partial charge in [0.25, 0.3) is 11.4 Å². The number of hydrazine groups is 1. The van der Waals surface area contributed by atoms with Gasteiger partial charge in [0.05, 0.1) is 30.1 Å². The average Bonchev–Trinajstić information content (AvgIpc) is 3.21. The summed E-state index contributed by atoms with van der Waals surface area (Å²) in [4.78, 5) is 61.3. The number of ether oxygens (including phenoxy) is 2.